The summed E-state index contributed by atoms with van der Waals surface area (Å²) in [5.74, 6) is 5.04. The summed E-state index contributed by atoms with van der Waals surface area (Å²) in [7, 11) is -8.80. The van der Waals surface area contributed by atoms with Gasteiger partial charge in [-0.05, 0) is 18.2 Å². The molecule has 0 aliphatic carbocycles. The van der Waals surface area contributed by atoms with Crippen LogP contribution in [0.2, 0.25) is 0 Å². The van der Waals surface area contributed by atoms with Crippen molar-refractivity contribution in [3.8, 4) is 0 Å². The lowest BCUT2D eigenvalue weighted by molar-refractivity contribution is 0.381. The number of hydrazine groups is 1. The Morgan fingerprint density at radius 3 is 1.88 bits per heavy atom. The second-order valence-corrected chi connectivity index (χ2v) is 4.91. The molecular weight excluding hydrogens is 276 g/mol. The molecule has 1 rings (SSSR count). The van der Waals surface area contributed by atoms with Crippen molar-refractivity contribution >= 4 is 26.2 Å². The van der Waals surface area contributed by atoms with Gasteiger partial charge >= 0.3 is 10.4 Å². The van der Waals surface area contributed by atoms with E-state index in [9.17, 15) is 8.42 Å². The SMILES string of the molecule is NNc1cccc(S(=O)(=O)O)c1.O=S(=O)(O)O. The predicted molar refractivity (Wildman–Crippen MR) is 58.2 cm³/mol. The first-order valence-electron chi connectivity index (χ1n) is 3.78. The first-order chi connectivity index (χ1) is 7.54. The molecule has 0 spiro atoms. The van der Waals surface area contributed by atoms with Crippen molar-refractivity contribution in [2.45, 2.75) is 4.90 Å². The zero-order chi connectivity index (χ0) is 13.7. The topological polar surface area (TPSA) is 167 Å². The number of hydrogen-bond acceptors (Lipinski definition) is 6. The van der Waals surface area contributed by atoms with Gasteiger partial charge in [0.2, 0.25) is 0 Å². The van der Waals surface area contributed by atoms with E-state index in [0.29, 0.717) is 5.69 Å². The highest BCUT2D eigenvalue weighted by molar-refractivity contribution is 7.85. The molecule has 1 aromatic rings. The Morgan fingerprint density at radius 2 is 1.53 bits per heavy atom. The standard InChI is InChI=1S/C6H8N2O3S.H2O4S/c7-8-5-2-1-3-6(4-5)12(9,10)11;1-5(2,3)4/h1-4,8H,7H2,(H,9,10,11);(H2,1,2,3,4). The Balaban J connectivity index is 0.000000437. The molecule has 1 aromatic carbocycles. The first-order valence-corrected chi connectivity index (χ1v) is 6.62. The van der Waals surface area contributed by atoms with Crippen LogP contribution in [-0.2, 0) is 20.5 Å². The molecule has 98 valence electrons. The van der Waals surface area contributed by atoms with Gasteiger partial charge in [0.05, 0.1) is 4.90 Å². The summed E-state index contributed by atoms with van der Waals surface area (Å²) in [6, 6.07) is 5.55. The van der Waals surface area contributed by atoms with Crippen LogP contribution in [0.3, 0.4) is 0 Å². The summed E-state index contributed by atoms with van der Waals surface area (Å²) in [6.07, 6.45) is 0. The maximum atomic E-state index is 10.6. The van der Waals surface area contributed by atoms with Gasteiger partial charge in [0.1, 0.15) is 0 Å². The molecule has 0 atom stereocenters. The van der Waals surface area contributed by atoms with E-state index >= 15 is 0 Å². The zero-order valence-corrected chi connectivity index (χ0v) is 9.81. The largest absolute Gasteiger partial charge is 0.394 e. The lowest BCUT2D eigenvalue weighted by Crippen LogP contribution is -2.07. The molecule has 0 bridgehead atoms. The van der Waals surface area contributed by atoms with E-state index in [1.54, 1.807) is 6.07 Å². The maximum absolute atomic E-state index is 10.6. The van der Waals surface area contributed by atoms with E-state index in [-0.39, 0.29) is 4.90 Å². The van der Waals surface area contributed by atoms with E-state index in [1.165, 1.54) is 18.2 Å². The first kappa shape index (κ1) is 15.8. The van der Waals surface area contributed by atoms with Gasteiger partial charge in [-0.15, -0.1) is 0 Å². The quantitative estimate of drug-likeness (QED) is 0.275. The van der Waals surface area contributed by atoms with Crippen molar-refractivity contribution in [3.63, 3.8) is 0 Å². The van der Waals surface area contributed by atoms with E-state index in [0.717, 1.165) is 0 Å². The molecule has 0 unspecified atom stereocenters. The van der Waals surface area contributed by atoms with Crippen molar-refractivity contribution in [1.29, 1.82) is 0 Å². The van der Waals surface area contributed by atoms with Crippen molar-refractivity contribution in [2.24, 2.45) is 5.84 Å². The van der Waals surface area contributed by atoms with Gasteiger partial charge < -0.3 is 5.43 Å². The smallest absolute Gasteiger partial charge is 0.324 e. The number of rotatable bonds is 2. The normalized spacial score (nSPS) is 11.3. The molecular formula is C6H10N2O7S2. The number of anilines is 1. The summed E-state index contributed by atoms with van der Waals surface area (Å²) in [4.78, 5) is -0.182. The van der Waals surface area contributed by atoms with Crippen molar-refractivity contribution < 1.29 is 30.5 Å². The van der Waals surface area contributed by atoms with E-state index in [4.69, 9.17) is 27.9 Å². The van der Waals surface area contributed by atoms with Crippen LogP contribution in [0, 0.1) is 0 Å². The minimum atomic E-state index is -4.67. The summed E-state index contributed by atoms with van der Waals surface area (Å²) in [5.41, 5.74) is 2.69. The lowest BCUT2D eigenvalue weighted by Gasteiger charge is -2.00. The van der Waals surface area contributed by atoms with Gasteiger partial charge in [-0.2, -0.15) is 16.8 Å². The Kier molecular flexibility index (Phi) is 5.47. The fourth-order valence-electron chi connectivity index (χ4n) is 0.746. The van der Waals surface area contributed by atoms with Crippen LogP contribution in [0.15, 0.2) is 29.2 Å². The Hall–Kier alpha value is -1.24. The van der Waals surface area contributed by atoms with Crippen molar-refractivity contribution in [1.82, 2.24) is 0 Å². The van der Waals surface area contributed by atoms with Crippen LogP contribution in [0.5, 0.6) is 0 Å². The Bertz CT molecular complexity index is 558. The Morgan fingerprint density at radius 1 is 1.06 bits per heavy atom. The molecule has 0 radical (unpaired) electrons. The second kappa shape index (κ2) is 5.90. The molecule has 0 aromatic heterocycles. The van der Waals surface area contributed by atoms with Crippen LogP contribution in [0.25, 0.3) is 0 Å². The third-order valence-corrected chi connectivity index (χ3v) is 2.15. The molecule has 11 heteroatoms. The molecule has 0 fully saturated rings. The molecule has 17 heavy (non-hydrogen) atoms. The van der Waals surface area contributed by atoms with Gasteiger partial charge in [-0.1, -0.05) is 6.07 Å². The van der Waals surface area contributed by atoms with Gasteiger partial charge in [-0.25, -0.2) is 0 Å². The van der Waals surface area contributed by atoms with Crippen LogP contribution >= 0.6 is 0 Å². The lowest BCUT2D eigenvalue weighted by atomic mass is 10.3. The minimum Gasteiger partial charge on any atom is -0.324 e. The van der Waals surface area contributed by atoms with Crippen LogP contribution in [0.1, 0.15) is 0 Å². The number of nitrogens with two attached hydrogens (primary N) is 1. The minimum absolute atomic E-state index is 0.182. The number of hydrogen-bond donors (Lipinski definition) is 5. The van der Waals surface area contributed by atoms with Crippen LogP contribution in [-0.4, -0.2) is 30.5 Å². The second-order valence-electron chi connectivity index (χ2n) is 2.60. The molecule has 0 aliphatic heterocycles. The molecule has 0 aliphatic rings. The van der Waals surface area contributed by atoms with Crippen molar-refractivity contribution in [3.05, 3.63) is 24.3 Å². The predicted octanol–water partition coefficient (Wildman–Crippen LogP) is -0.434. The van der Waals surface area contributed by atoms with Crippen molar-refractivity contribution in [2.75, 3.05) is 5.43 Å². The average Bonchev–Trinajstić information content (AvgIpc) is 2.14. The highest BCUT2D eigenvalue weighted by Gasteiger charge is 2.08. The van der Waals surface area contributed by atoms with E-state index < -0.39 is 20.5 Å². The molecule has 9 nitrogen and oxygen atoms in total. The maximum Gasteiger partial charge on any atom is 0.394 e. The number of nitrogen functional groups attached to an aromatic ring is 1. The number of nitrogens with one attached hydrogen (secondary N) is 1. The fraction of sp³-hybridized carbons (Fsp3) is 0. The van der Waals surface area contributed by atoms with Gasteiger partial charge in [0, 0.05) is 5.69 Å². The fourth-order valence-corrected chi connectivity index (χ4v) is 1.27. The molecule has 6 N–H and O–H groups in total. The zero-order valence-electron chi connectivity index (χ0n) is 8.18. The van der Waals surface area contributed by atoms with Crippen LogP contribution in [0.4, 0.5) is 5.69 Å². The molecule has 0 amide bonds. The van der Waals surface area contributed by atoms with Gasteiger partial charge in [0.25, 0.3) is 10.1 Å². The van der Waals surface area contributed by atoms with Gasteiger partial charge in [-0.3, -0.25) is 19.5 Å². The Labute approximate surface area is 97.6 Å². The average molecular weight is 286 g/mol. The number of benzene rings is 1. The van der Waals surface area contributed by atoms with E-state index in [2.05, 4.69) is 5.43 Å². The third kappa shape index (κ3) is 8.56. The van der Waals surface area contributed by atoms with Gasteiger partial charge in [0.15, 0.2) is 0 Å². The molecule has 0 heterocycles. The summed E-state index contributed by atoms with van der Waals surface area (Å²) >= 11 is 0. The van der Waals surface area contributed by atoms with E-state index in [1.807, 2.05) is 0 Å². The molecule has 0 saturated carbocycles. The monoisotopic (exact) mass is 286 g/mol. The highest BCUT2D eigenvalue weighted by Crippen LogP contribution is 2.13. The summed E-state index contributed by atoms with van der Waals surface area (Å²) in [6.45, 7) is 0. The summed E-state index contributed by atoms with van der Waals surface area (Å²) < 4.78 is 61.4. The third-order valence-electron chi connectivity index (χ3n) is 1.30. The molecule has 0 saturated heterocycles. The highest BCUT2D eigenvalue weighted by atomic mass is 32.3. The summed E-state index contributed by atoms with van der Waals surface area (Å²) in [5, 5.41) is 0. The van der Waals surface area contributed by atoms with Crippen LogP contribution < -0.4 is 11.3 Å².